The van der Waals surface area contributed by atoms with Crippen LogP contribution in [0.1, 0.15) is 43.7 Å². The summed E-state index contributed by atoms with van der Waals surface area (Å²) in [6.45, 7) is 8.20. The maximum absolute atomic E-state index is 12.4. The molecule has 2 N–H and O–H groups in total. The van der Waals surface area contributed by atoms with Crippen molar-refractivity contribution in [1.82, 2.24) is 15.1 Å². The molecule has 0 aromatic heterocycles. The van der Waals surface area contributed by atoms with E-state index in [1.54, 1.807) is 4.90 Å². The van der Waals surface area contributed by atoms with E-state index in [1.807, 2.05) is 36.9 Å². The van der Waals surface area contributed by atoms with Gasteiger partial charge in [-0.05, 0) is 37.8 Å². The molecule has 0 atom stereocenters. The van der Waals surface area contributed by atoms with E-state index in [9.17, 15) is 19.2 Å². The fourth-order valence-electron chi connectivity index (χ4n) is 3.69. The average Bonchev–Trinajstić information content (AvgIpc) is 2.77. The lowest BCUT2D eigenvalue weighted by Crippen LogP contribution is -2.51. The number of esters is 1. The molecular weight excluding hydrogens is 424 g/mol. The maximum Gasteiger partial charge on any atom is 0.306 e. The van der Waals surface area contributed by atoms with Crippen LogP contribution in [-0.2, 0) is 23.9 Å². The lowest BCUT2D eigenvalue weighted by Gasteiger charge is -2.34. The molecule has 1 fully saturated rings. The number of unbranched alkanes of at least 4 members (excludes halogenated alkanes) is 2. The van der Waals surface area contributed by atoms with Crippen LogP contribution in [0.2, 0.25) is 0 Å². The van der Waals surface area contributed by atoms with Crippen LogP contribution in [0, 0.1) is 13.8 Å². The number of hydrogen-bond donors (Lipinski definition) is 2. The first-order chi connectivity index (χ1) is 15.8. The minimum absolute atomic E-state index is 0.0608. The number of piperazine rings is 1. The van der Waals surface area contributed by atoms with Crippen LogP contribution in [0.4, 0.5) is 5.69 Å². The van der Waals surface area contributed by atoms with Crippen LogP contribution in [0.5, 0.6) is 0 Å². The first-order valence-electron chi connectivity index (χ1n) is 11.5. The minimum atomic E-state index is -0.385. The molecule has 1 aliphatic rings. The van der Waals surface area contributed by atoms with E-state index in [0.717, 1.165) is 29.7 Å². The Kier molecular flexibility index (Phi) is 10.8. The number of carbonyl (C=O) groups is 4. The Morgan fingerprint density at radius 1 is 0.970 bits per heavy atom. The van der Waals surface area contributed by atoms with Gasteiger partial charge in [-0.3, -0.25) is 24.1 Å². The second-order valence-corrected chi connectivity index (χ2v) is 8.43. The van der Waals surface area contributed by atoms with Crippen molar-refractivity contribution in [2.75, 3.05) is 51.2 Å². The highest BCUT2D eigenvalue weighted by molar-refractivity contribution is 5.93. The van der Waals surface area contributed by atoms with Crippen LogP contribution < -0.4 is 10.6 Å². The fourth-order valence-corrected chi connectivity index (χ4v) is 3.69. The van der Waals surface area contributed by atoms with Gasteiger partial charge < -0.3 is 20.3 Å². The van der Waals surface area contributed by atoms with E-state index in [-0.39, 0.29) is 43.3 Å². The SMILES string of the molecule is CC(=O)NCCCCCC(=O)OCC(=O)N1CCN(CC(=O)Nc2c(C)cccc2C)CC1. The van der Waals surface area contributed by atoms with Gasteiger partial charge in [-0.25, -0.2) is 0 Å². The standard InChI is InChI=1S/C24H36N4O5/c1-18-8-7-9-19(2)24(18)26-21(30)16-27-12-14-28(15-13-27)22(31)17-33-23(32)10-5-4-6-11-25-20(3)29/h7-9H,4-6,10-17H2,1-3H3,(H,25,29)(H,26,30). The number of nitrogens with one attached hydrogen (secondary N) is 2. The highest BCUT2D eigenvalue weighted by Gasteiger charge is 2.23. The van der Waals surface area contributed by atoms with Gasteiger partial charge in [-0.15, -0.1) is 0 Å². The summed E-state index contributed by atoms with van der Waals surface area (Å²) in [5.41, 5.74) is 2.91. The predicted molar refractivity (Wildman–Crippen MR) is 126 cm³/mol. The topological polar surface area (TPSA) is 108 Å². The summed E-state index contributed by atoms with van der Waals surface area (Å²) < 4.78 is 5.10. The number of carbonyl (C=O) groups excluding carboxylic acids is 4. The Balaban J connectivity index is 1.61. The smallest absolute Gasteiger partial charge is 0.306 e. The number of amides is 3. The molecule has 0 aliphatic carbocycles. The molecule has 0 radical (unpaired) electrons. The number of ether oxygens (including phenoxy) is 1. The predicted octanol–water partition coefficient (Wildman–Crippen LogP) is 1.63. The Morgan fingerprint density at radius 3 is 2.27 bits per heavy atom. The number of hydrogen-bond acceptors (Lipinski definition) is 6. The minimum Gasteiger partial charge on any atom is -0.456 e. The Morgan fingerprint density at radius 2 is 1.64 bits per heavy atom. The van der Waals surface area contributed by atoms with Crippen LogP contribution >= 0.6 is 0 Å². The number of anilines is 1. The summed E-state index contributed by atoms with van der Waals surface area (Å²) in [6, 6.07) is 5.90. The molecular formula is C24H36N4O5. The van der Waals surface area contributed by atoms with Gasteiger partial charge in [0.2, 0.25) is 11.8 Å². The summed E-state index contributed by atoms with van der Waals surface area (Å²) in [5.74, 6) is -0.731. The zero-order valence-corrected chi connectivity index (χ0v) is 19.9. The summed E-state index contributed by atoms with van der Waals surface area (Å²) in [4.78, 5) is 51.1. The average molecular weight is 461 g/mol. The second-order valence-electron chi connectivity index (χ2n) is 8.43. The van der Waals surface area contributed by atoms with E-state index < -0.39 is 0 Å². The summed E-state index contributed by atoms with van der Waals surface area (Å²) in [5, 5.41) is 5.70. The third-order valence-corrected chi connectivity index (χ3v) is 5.63. The molecule has 2 rings (SSSR count). The molecule has 1 aromatic rings. The molecule has 1 aromatic carbocycles. The van der Waals surface area contributed by atoms with E-state index in [4.69, 9.17) is 4.74 Å². The molecule has 1 heterocycles. The molecule has 9 nitrogen and oxygen atoms in total. The fraction of sp³-hybridized carbons (Fsp3) is 0.583. The number of nitrogens with zero attached hydrogens (tertiary/aromatic N) is 2. The van der Waals surface area contributed by atoms with E-state index >= 15 is 0 Å². The molecule has 182 valence electrons. The van der Waals surface area contributed by atoms with Crippen molar-refractivity contribution in [3.63, 3.8) is 0 Å². The molecule has 3 amide bonds. The first-order valence-corrected chi connectivity index (χ1v) is 11.5. The largest absolute Gasteiger partial charge is 0.456 e. The highest BCUT2D eigenvalue weighted by Crippen LogP contribution is 2.19. The van der Waals surface area contributed by atoms with E-state index in [1.165, 1.54) is 6.92 Å². The van der Waals surface area contributed by atoms with Crippen LogP contribution in [0.15, 0.2) is 18.2 Å². The highest BCUT2D eigenvalue weighted by atomic mass is 16.5. The van der Waals surface area contributed by atoms with E-state index in [2.05, 4.69) is 10.6 Å². The summed E-state index contributed by atoms with van der Waals surface area (Å²) in [6.07, 6.45) is 2.53. The lowest BCUT2D eigenvalue weighted by atomic mass is 10.1. The van der Waals surface area contributed by atoms with Crippen LogP contribution in [0.25, 0.3) is 0 Å². The van der Waals surface area contributed by atoms with Gasteiger partial charge in [0.05, 0.1) is 6.54 Å². The normalized spacial score (nSPS) is 14.0. The van der Waals surface area contributed by atoms with Crippen LogP contribution in [0.3, 0.4) is 0 Å². The molecule has 0 spiro atoms. The third-order valence-electron chi connectivity index (χ3n) is 5.63. The molecule has 33 heavy (non-hydrogen) atoms. The number of rotatable bonds is 11. The number of benzene rings is 1. The Labute approximate surface area is 195 Å². The number of aryl methyl sites for hydroxylation is 2. The molecule has 0 unspecified atom stereocenters. The molecule has 0 saturated carbocycles. The third kappa shape index (κ3) is 9.61. The molecule has 0 bridgehead atoms. The Bertz CT molecular complexity index is 814. The summed E-state index contributed by atoms with van der Waals surface area (Å²) in [7, 11) is 0. The quantitative estimate of drug-likeness (QED) is 0.384. The van der Waals surface area contributed by atoms with Crippen molar-refractivity contribution in [2.24, 2.45) is 0 Å². The molecule has 9 heteroatoms. The van der Waals surface area contributed by atoms with Crippen molar-refractivity contribution in [2.45, 2.75) is 46.5 Å². The van der Waals surface area contributed by atoms with Crippen molar-refractivity contribution < 1.29 is 23.9 Å². The zero-order chi connectivity index (χ0) is 24.2. The summed E-state index contributed by atoms with van der Waals surface area (Å²) >= 11 is 0. The van der Waals surface area contributed by atoms with Crippen molar-refractivity contribution in [1.29, 1.82) is 0 Å². The van der Waals surface area contributed by atoms with Gasteiger partial charge in [-0.1, -0.05) is 24.6 Å². The Hall–Kier alpha value is -2.94. The zero-order valence-electron chi connectivity index (χ0n) is 19.9. The van der Waals surface area contributed by atoms with Gasteiger partial charge in [0.15, 0.2) is 6.61 Å². The maximum atomic E-state index is 12.4. The number of para-hydroxylation sites is 1. The van der Waals surface area contributed by atoms with Crippen molar-refractivity contribution in [3.8, 4) is 0 Å². The van der Waals surface area contributed by atoms with Gasteiger partial charge in [-0.2, -0.15) is 0 Å². The first kappa shape index (κ1) is 26.3. The van der Waals surface area contributed by atoms with Gasteiger partial charge in [0.25, 0.3) is 5.91 Å². The van der Waals surface area contributed by atoms with Gasteiger partial charge in [0.1, 0.15) is 0 Å². The van der Waals surface area contributed by atoms with Gasteiger partial charge >= 0.3 is 5.97 Å². The molecule has 1 saturated heterocycles. The van der Waals surface area contributed by atoms with Crippen molar-refractivity contribution >= 4 is 29.4 Å². The molecule has 1 aliphatic heterocycles. The van der Waals surface area contributed by atoms with Crippen LogP contribution in [-0.4, -0.2) is 79.4 Å². The van der Waals surface area contributed by atoms with E-state index in [0.29, 0.717) is 39.1 Å². The second kappa shape index (κ2) is 13.6. The monoisotopic (exact) mass is 460 g/mol. The lowest BCUT2D eigenvalue weighted by molar-refractivity contribution is -0.152. The van der Waals surface area contributed by atoms with Gasteiger partial charge in [0, 0.05) is 51.8 Å². The van der Waals surface area contributed by atoms with Crippen molar-refractivity contribution in [3.05, 3.63) is 29.3 Å².